The number of para-hydroxylation sites is 2. The minimum atomic E-state index is -0.703. The number of ether oxygens (including phenoxy) is 4. The number of nitriles is 1. The second-order valence-corrected chi connectivity index (χ2v) is 13.0. The highest BCUT2D eigenvalue weighted by atomic mass is 16.5. The number of likely N-dealkylation sites (N-methyl/N-ethyl adjacent to an activating group) is 1. The molecule has 0 aliphatic carbocycles. The predicted molar refractivity (Wildman–Crippen MR) is 183 cm³/mol. The summed E-state index contributed by atoms with van der Waals surface area (Å²) in [4.78, 5) is 26.9. The van der Waals surface area contributed by atoms with Crippen molar-refractivity contribution in [1.29, 1.82) is 5.26 Å². The Balaban J connectivity index is 1.41. The van der Waals surface area contributed by atoms with Crippen molar-refractivity contribution < 1.29 is 34.0 Å². The van der Waals surface area contributed by atoms with E-state index in [9.17, 15) is 20.3 Å². The van der Waals surface area contributed by atoms with Gasteiger partial charge in [-0.15, -0.1) is 0 Å². The fourth-order valence-electron chi connectivity index (χ4n) is 8.76. The summed E-state index contributed by atoms with van der Waals surface area (Å²) >= 11 is 0. The van der Waals surface area contributed by atoms with Gasteiger partial charge in [-0.2, -0.15) is 5.26 Å². The summed E-state index contributed by atoms with van der Waals surface area (Å²) < 4.78 is 23.3. The highest BCUT2D eigenvalue weighted by molar-refractivity contribution is 5.93. The molecule has 13 nitrogen and oxygen atoms in total. The van der Waals surface area contributed by atoms with Crippen molar-refractivity contribution in [2.24, 2.45) is 0 Å². The highest BCUT2D eigenvalue weighted by Crippen LogP contribution is 2.58. The van der Waals surface area contributed by atoms with Gasteiger partial charge in [-0.05, 0) is 45.9 Å². The first-order valence-electron chi connectivity index (χ1n) is 16.4. The molecule has 3 aromatic carbocycles. The number of phenolic OH excluding ortho intramolecular Hbond substituents is 2. The van der Waals surface area contributed by atoms with Gasteiger partial charge in [0.2, 0.25) is 0 Å². The van der Waals surface area contributed by atoms with Crippen molar-refractivity contribution in [3.05, 3.63) is 69.5 Å². The third kappa shape index (κ3) is 4.69. The van der Waals surface area contributed by atoms with E-state index in [0.717, 1.165) is 11.1 Å². The Morgan fingerprint density at radius 3 is 2.06 bits per heavy atom. The van der Waals surface area contributed by atoms with Crippen LogP contribution in [0.5, 0.6) is 34.5 Å². The van der Waals surface area contributed by atoms with Crippen LogP contribution >= 0.6 is 0 Å². The van der Waals surface area contributed by atoms with E-state index in [1.54, 1.807) is 20.3 Å². The number of aromatic hydroxyl groups is 2. The maximum Gasteiger partial charge on any atom is 0.271 e. The molecule has 1 unspecified atom stereocenters. The van der Waals surface area contributed by atoms with Crippen molar-refractivity contribution in [3.63, 3.8) is 0 Å². The number of carbonyl (C=O) groups is 1. The molecule has 3 aliphatic rings. The number of fused-ring (bicyclic) bond motifs is 8. The van der Waals surface area contributed by atoms with Gasteiger partial charge < -0.3 is 34.5 Å². The van der Waals surface area contributed by atoms with E-state index in [0.29, 0.717) is 63.4 Å². The van der Waals surface area contributed by atoms with Crippen LogP contribution in [0.2, 0.25) is 0 Å². The van der Waals surface area contributed by atoms with Crippen LogP contribution in [0.3, 0.4) is 0 Å². The number of aromatic nitrogens is 2. The van der Waals surface area contributed by atoms with E-state index in [1.165, 1.54) is 20.4 Å². The second kappa shape index (κ2) is 12.5. The highest BCUT2D eigenvalue weighted by Gasteiger charge is 2.57. The van der Waals surface area contributed by atoms with Gasteiger partial charge in [0, 0.05) is 52.0 Å². The number of benzene rings is 3. The molecule has 5 atom stereocenters. The number of piperazine rings is 1. The SMILES string of the molecule is COc1c(C)c(OC)c2c(c1O)[C@@H]1[C@@H]3Cc4c(OC)c(C)c(OC)c(O)c4[C@H](CNC(=O)c4cnc5ccccc5n4)N3C(C#N)[C@H](C2)N1C. The Labute approximate surface area is 290 Å². The van der Waals surface area contributed by atoms with Crippen LogP contribution in [0.1, 0.15) is 56.0 Å². The second-order valence-electron chi connectivity index (χ2n) is 13.0. The van der Waals surface area contributed by atoms with Crippen molar-refractivity contribution in [3.8, 4) is 40.6 Å². The van der Waals surface area contributed by atoms with Crippen LogP contribution in [0.25, 0.3) is 11.0 Å². The third-order valence-electron chi connectivity index (χ3n) is 10.8. The molecule has 0 saturated carbocycles. The summed E-state index contributed by atoms with van der Waals surface area (Å²) in [5.74, 6) is 1.25. The lowest BCUT2D eigenvalue weighted by atomic mass is 9.71. The first-order chi connectivity index (χ1) is 24.1. The van der Waals surface area contributed by atoms with E-state index < -0.39 is 30.1 Å². The Morgan fingerprint density at radius 2 is 1.46 bits per heavy atom. The molecule has 0 spiro atoms. The number of phenols is 2. The molecule has 4 heterocycles. The molecular weight excluding hydrogens is 640 g/mol. The molecule has 3 N–H and O–H groups in total. The first kappa shape index (κ1) is 33.2. The van der Waals surface area contributed by atoms with E-state index in [1.807, 2.05) is 39.1 Å². The van der Waals surface area contributed by atoms with Crippen LogP contribution in [0.15, 0.2) is 30.5 Å². The summed E-state index contributed by atoms with van der Waals surface area (Å²) in [6.45, 7) is 3.68. The molecule has 4 aromatic rings. The first-order valence-corrected chi connectivity index (χ1v) is 16.4. The van der Waals surface area contributed by atoms with Gasteiger partial charge in [-0.3, -0.25) is 19.6 Å². The minimum Gasteiger partial charge on any atom is -0.504 e. The third-order valence-corrected chi connectivity index (χ3v) is 10.8. The lowest BCUT2D eigenvalue weighted by Gasteiger charge is -2.60. The van der Waals surface area contributed by atoms with Gasteiger partial charge in [0.25, 0.3) is 5.91 Å². The number of nitrogens with one attached hydrogen (secondary N) is 1. The van der Waals surface area contributed by atoms with Crippen LogP contribution in [0.4, 0.5) is 0 Å². The maximum atomic E-state index is 13.7. The van der Waals surface area contributed by atoms with Crippen molar-refractivity contribution in [2.45, 2.75) is 56.9 Å². The molecular formula is C37H40N6O7. The standard InChI is InChI=1S/C37H40N6O7/c1-17-33(47-4)19-13-25-30-29-20(34(48-5)18(2)36(50-7)32(29)45)12-24(42(30)3)26(14-38)43(25)27(28(19)31(44)35(17)49-6)16-40-37(46)23-15-39-21-10-8-9-11-22(21)41-23/h8-11,15,24-27,30,44-45H,12-13,16H2,1-7H3,(H,40,46)/t24-,25-,26?,27-,30-/m0/s1. The van der Waals surface area contributed by atoms with Crippen molar-refractivity contribution in [2.75, 3.05) is 42.0 Å². The molecule has 3 aliphatic heterocycles. The maximum absolute atomic E-state index is 13.7. The monoisotopic (exact) mass is 680 g/mol. The number of hydrogen-bond donors (Lipinski definition) is 3. The van der Waals surface area contributed by atoms with E-state index in [2.05, 4.69) is 31.2 Å². The van der Waals surface area contributed by atoms with Crippen LogP contribution in [-0.2, 0) is 12.8 Å². The summed E-state index contributed by atoms with van der Waals surface area (Å²) in [5.41, 5.74) is 5.44. The normalized spacial score (nSPS) is 22.5. The van der Waals surface area contributed by atoms with Crippen molar-refractivity contribution >= 4 is 16.9 Å². The topological polar surface area (TPSA) is 163 Å². The summed E-state index contributed by atoms with van der Waals surface area (Å²) in [6, 6.07) is 7.32. The molecule has 2 bridgehead atoms. The van der Waals surface area contributed by atoms with Crippen LogP contribution in [-0.4, -0.2) is 96.0 Å². The van der Waals surface area contributed by atoms with Crippen LogP contribution in [0, 0.1) is 25.2 Å². The fraction of sp³-hybridized carbons (Fsp3) is 0.405. The fourth-order valence-corrected chi connectivity index (χ4v) is 8.76. The smallest absolute Gasteiger partial charge is 0.271 e. The number of carbonyl (C=O) groups excluding carboxylic acids is 1. The minimum absolute atomic E-state index is 0.0144. The van der Waals surface area contributed by atoms with Crippen LogP contribution < -0.4 is 24.3 Å². The van der Waals surface area contributed by atoms with E-state index in [-0.39, 0.29) is 35.5 Å². The quantitative estimate of drug-likeness (QED) is 0.259. The predicted octanol–water partition coefficient (Wildman–Crippen LogP) is 3.89. The van der Waals surface area contributed by atoms with Crippen molar-refractivity contribution in [1.82, 2.24) is 25.1 Å². The number of rotatable bonds is 7. The molecule has 1 saturated heterocycles. The molecule has 13 heteroatoms. The molecule has 7 rings (SSSR count). The van der Waals surface area contributed by atoms with Gasteiger partial charge in [-0.25, -0.2) is 4.98 Å². The van der Waals surface area contributed by atoms with E-state index in [4.69, 9.17) is 18.9 Å². The number of nitrogens with zero attached hydrogens (tertiary/aromatic N) is 5. The molecule has 1 amide bonds. The number of methoxy groups -OCH3 is 4. The van der Waals surface area contributed by atoms with Gasteiger partial charge in [0.15, 0.2) is 23.0 Å². The largest absolute Gasteiger partial charge is 0.504 e. The molecule has 50 heavy (non-hydrogen) atoms. The Bertz CT molecular complexity index is 2080. The van der Waals surface area contributed by atoms with E-state index >= 15 is 0 Å². The molecule has 1 fully saturated rings. The zero-order valence-corrected chi connectivity index (χ0v) is 29.1. The Hall–Kier alpha value is -5.32. The molecule has 0 radical (unpaired) electrons. The Kier molecular flexibility index (Phi) is 8.32. The zero-order valence-electron chi connectivity index (χ0n) is 29.1. The molecule has 260 valence electrons. The lowest BCUT2D eigenvalue weighted by molar-refractivity contribution is -0.0724. The summed E-state index contributed by atoms with van der Waals surface area (Å²) in [6.07, 6.45) is 2.20. The number of hydrogen-bond acceptors (Lipinski definition) is 12. The zero-order chi connectivity index (χ0) is 35.6. The van der Waals surface area contributed by atoms with Gasteiger partial charge in [0.1, 0.15) is 23.2 Å². The average molecular weight is 681 g/mol. The lowest BCUT2D eigenvalue weighted by Crippen LogP contribution is -2.68. The summed E-state index contributed by atoms with van der Waals surface area (Å²) in [5, 5.41) is 37.7. The Morgan fingerprint density at radius 1 is 0.900 bits per heavy atom. The van der Waals surface area contributed by atoms with Gasteiger partial charge in [0.05, 0.1) is 63.8 Å². The van der Waals surface area contributed by atoms with Gasteiger partial charge in [-0.1, -0.05) is 12.1 Å². The van der Waals surface area contributed by atoms with Gasteiger partial charge >= 0.3 is 0 Å². The summed E-state index contributed by atoms with van der Waals surface area (Å²) in [7, 11) is 8.14. The number of amides is 1. The average Bonchev–Trinajstić information content (AvgIpc) is 3.11. The molecule has 1 aromatic heterocycles.